The molecule has 4 aliphatic rings. The van der Waals surface area contributed by atoms with E-state index in [2.05, 4.69) is 9.47 Å². The predicted octanol–water partition coefficient (Wildman–Crippen LogP) is 13.1. The third-order valence-corrected chi connectivity index (χ3v) is 14.5. The minimum absolute atomic E-state index is 0.0401. The largest absolute Gasteiger partial charge is 0.430 e. The lowest BCUT2D eigenvalue weighted by molar-refractivity contribution is -0.406. The monoisotopic (exact) mass is 1070 g/mol. The van der Waals surface area contributed by atoms with Crippen molar-refractivity contribution in [2.75, 3.05) is 13.6 Å². The van der Waals surface area contributed by atoms with Gasteiger partial charge >= 0.3 is 49.4 Å². The van der Waals surface area contributed by atoms with Crippen molar-refractivity contribution in [3.63, 3.8) is 0 Å². The molecule has 5 rings (SSSR count). The number of benzene rings is 1. The Morgan fingerprint density at radius 2 is 0.743 bits per heavy atom. The third kappa shape index (κ3) is 10.1. The van der Waals surface area contributed by atoms with E-state index in [-0.39, 0.29) is 31.4 Å². The normalized spacial score (nSPS) is 27.3. The standard InChI is InChI=1S/C40H42F24O6/c1-3-17(2)18-8-25(31(37(53,54)55,38(56,57)58)69-15-67-27-10-19-4-21(27)6-23(19)13-29(65,33(41,42)43)34(44,45)46)12-26(9-18)32(39(59,60)61,40(62,63)64)70-16-68-28-11-20-5-22(28)7-24(20)14-30(66,35(47,48)49)36(50,51)52/h8-9,12,17,19-24,27-28,65-66H,3-7,10-11,13-16H2,1-2H3. The number of rotatable bonds is 16. The molecule has 1 aromatic rings. The van der Waals surface area contributed by atoms with Crippen LogP contribution in [0, 0.1) is 35.5 Å². The van der Waals surface area contributed by atoms with Gasteiger partial charge in [0.25, 0.3) is 22.4 Å². The number of alkyl halides is 24. The number of aliphatic hydroxyl groups is 2. The summed E-state index contributed by atoms with van der Waals surface area (Å²) in [6, 6.07) is -0.869. The van der Waals surface area contributed by atoms with Gasteiger partial charge in [0.05, 0.1) is 12.2 Å². The first-order chi connectivity index (χ1) is 31.3. The Morgan fingerprint density at radius 3 is 0.971 bits per heavy atom. The van der Waals surface area contributed by atoms with Crippen LogP contribution in [0.5, 0.6) is 0 Å². The Labute approximate surface area is 380 Å². The summed E-state index contributed by atoms with van der Waals surface area (Å²) in [4.78, 5) is 0. The Balaban J connectivity index is 1.45. The highest BCUT2D eigenvalue weighted by atomic mass is 19.4. The van der Waals surface area contributed by atoms with Crippen molar-refractivity contribution >= 4 is 0 Å². The lowest BCUT2D eigenvalue weighted by Crippen LogP contribution is -2.58. The fourth-order valence-electron chi connectivity index (χ4n) is 10.6. The molecule has 0 radical (unpaired) electrons. The Hall–Kier alpha value is -2.70. The van der Waals surface area contributed by atoms with Gasteiger partial charge in [-0.05, 0) is 111 Å². The van der Waals surface area contributed by atoms with Crippen LogP contribution < -0.4 is 0 Å². The first-order valence-corrected chi connectivity index (χ1v) is 21.0. The molecule has 0 aliphatic heterocycles. The Morgan fingerprint density at radius 1 is 0.443 bits per heavy atom. The number of hydrogen-bond donors (Lipinski definition) is 2. The van der Waals surface area contributed by atoms with Crippen LogP contribution in [0.25, 0.3) is 0 Å². The van der Waals surface area contributed by atoms with Gasteiger partial charge < -0.3 is 29.2 Å². The molecule has 9 atom stereocenters. The van der Waals surface area contributed by atoms with Crippen molar-refractivity contribution in [1.82, 2.24) is 0 Å². The zero-order valence-corrected chi connectivity index (χ0v) is 35.8. The van der Waals surface area contributed by atoms with Crippen LogP contribution in [-0.4, -0.2) is 96.6 Å². The predicted molar refractivity (Wildman–Crippen MR) is 186 cm³/mol. The van der Waals surface area contributed by atoms with E-state index in [1.54, 1.807) is 0 Å². The van der Waals surface area contributed by atoms with E-state index < -0.39 is 200 Å². The van der Waals surface area contributed by atoms with E-state index in [9.17, 15) is 62.9 Å². The fourth-order valence-corrected chi connectivity index (χ4v) is 10.6. The molecular formula is C40H42F24O6. The molecule has 4 bridgehead atoms. The minimum Gasteiger partial charge on any atom is -0.374 e. The van der Waals surface area contributed by atoms with E-state index in [1.165, 1.54) is 6.92 Å². The maximum atomic E-state index is 15.1. The molecule has 0 aromatic heterocycles. The SMILES string of the molecule is CCC(C)c1cc(C(OCOC2CC3CC2CC3CC(O)(C(F)(F)F)C(F)(F)F)(C(F)(F)F)C(F)(F)F)cc(C(OCOC2CC3CC2CC3CC(O)(C(F)(F)F)C(F)(F)F)(C(F)(F)F)C(F)(F)F)c1. The smallest absolute Gasteiger partial charge is 0.374 e. The molecular weight excluding hydrogens is 1030 g/mol. The molecule has 406 valence electrons. The molecule has 1 aromatic carbocycles. The molecule has 0 spiro atoms. The molecule has 70 heavy (non-hydrogen) atoms. The molecule has 0 saturated heterocycles. The van der Waals surface area contributed by atoms with Crippen molar-refractivity contribution in [1.29, 1.82) is 0 Å². The van der Waals surface area contributed by atoms with Crippen molar-refractivity contribution in [2.24, 2.45) is 35.5 Å². The highest BCUT2D eigenvalue weighted by Crippen LogP contribution is 2.61. The van der Waals surface area contributed by atoms with Crippen molar-refractivity contribution in [2.45, 2.75) is 162 Å². The fraction of sp³-hybridized carbons (Fsp3) is 0.850. The van der Waals surface area contributed by atoms with Gasteiger partial charge in [-0.1, -0.05) is 26.0 Å². The van der Waals surface area contributed by atoms with Crippen LogP contribution in [0.15, 0.2) is 18.2 Å². The van der Waals surface area contributed by atoms with E-state index in [0.717, 1.165) is 6.92 Å². The minimum atomic E-state index is -6.84. The van der Waals surface area contributed by atoms with E-state index in [0.29, 0.717) is 0 Å². The number of fused-ring (bicyclic) bond motifs is 4. The summed E-state index contributed by atoms with van der Waals surface area (Å²) >= 11 is 0. The van der Waals surface area contributed by atoms with E-state index >= 15 is 52.7 Å². The summed E-state index contributed by atoms with van der Waals surface area (Å²) in [6.45, 7) is -2.08. The summed E-state index contributed by atoms with van der Waals surface area (Å²) in [5.74, 6) is -9.11. The third-order valence-electron chi connectivity index (χ3n) is 14.5. The number of halogens is 24. The van der Waals surface area contributed by atoms with Gasteiger partial charge in [-0.15, -0.1) is 0 Å². The molecule has 2 N–H and O–H groups in total. The first kappa shape index (κ1) is 58.2. The molecule has 6 nitrogen and oxygen atoms in total. The van der Waals surface area contributed by atoms with Crippen LogP contribution in [0.1, 0.15) is 94.2 Å². The topological polar surface area (TPSA) is 77.4 Å². The van der Waals surface area contributed by atoms with Gasteiger partial charge in [0, 0.05) is 11.1 Å². The second kappa shape index (κ2) is 18.6. The van der Waals surface area contributed by atoms with Crippen molar-refractivity contribution < 1.29 is 135 Å². The van der Waals surface area contributed by atoms with Gasteiger partial charge in [0.2, 0.25) is 0 Å². The molecule has 30 heteroatoms. The van der Waals surface area contributed by atoms with Crippen LogP contribution in [0.3, 0.4) is 0 Å². The zero-order valence-electron chi connectivity index (χ0n) is 35.8. The summed E-state index contributed by atoms with van der Waals surface area (Å²) < 4.78 is 360. The second-order valence-electron chi connectivity index (χ2n) is 18.5. The van der Waals surface area contributed by atoms with Crippen molar-refractivity contribution in [3.8, 4) is 0 Å². The van der Waals surface area contributed by atoms with Gasteiger partial charge in [-0.2, -0.15) is 105 Å². The summed E-state index contributed by atoms with van der Waals surface area (Å²) in [7, 11) is 0. The molecule has 4 fully saturated rings. The molecule has 4 aliphatic carbocycles. The van der Waals surface area contributed by atoms with Crippen LogP contribution in [0.4, 0.5) is 105 Å². The van der Waals surface area contributed by atoms with Crippen LogP contribution in [-0.2, 0) is 30.1 Å². The Kier molecular flexibility index (Phi) is 15.5. The average Bonchev–Trinajstić information content (AvgIpc) is 3.95. The highest BCUT2D eigenvalue weighted by molar-refractivity contribution is 5.42. The van der Waals surface area contributed by atoms with Crippen LogP contribution in [0.2, 0.25) is 0 Å². The lowest BCUT2D eigenvalue weighted by atomic mass is 9.79. The van der Waals surface area contributed by atoms with Crippen molar-refractivity contribution in [3.05, 3.63) is 34.9 Å². The van der Waals surface area contributed by atoms with Gasteiger partial charge in [-0.3, -0.25) is 0 Å². The molecule has 0 heterocycles. The molecule has 9 unspecified atom stereocenters. The molecule has 0 amide bonds. The zero-order chi connectivity index (χ0) is 53.7. The Bertz CT molecular complexity index is 1780. The number of ether oxygens (including phenoxy) is 4. The first-order valence-electron chi connectivity index (χ1n) is 21.0. The second-order valence-corrected chi connectivity index (χ2v) is 18.5. The molecule has 4 saturated carbocycles. The quantitative estimate of drug-likeness (QED) is 0.127. The van der Waals surface area contributed by atoms with Crippen LogP contribution >= 0.6 is 0 Å². The summed E-state index contributed by atoms with van der Waals surface area (Å²) in [5, 5.41) is 19.3. The van der Waals surface area contributed by atoms with E-state index in [1.807, 2.05) is 0 Å². The summed E-state index contributed by atoms with van der Waals surface area (Å²) in [5.41, 5.74) is -28.0. The maximum Gasteiger partial charge on any atom is 0.430 e. The average molecular weight is 1070 g/mol. The summed E-state index contributed by atoms with van der Waals surface area (Å²) in [6.07, 6.45) is -62.5. The maximum absolute atomic E-state index is 15.1. The van der Waals surface area contributed by atoms with Gasteiger partial charge in [0.1, 0.15) is 13.6 Å². The van der Waals surface area contributed by atoms with Gasteiger partial charge in [0.15, 0.2) is 0 Å². The van der Waals surface area contributed by atoms with Gasteiger partial charge in [-0.25, -0.2) is 0 Å². The lowest BCUT2D eigenvalue weighted by Gasteiger charge is -2.41. The highest BCUT2D eigenvalue weighted by Gasteiger charge is 2.77. The number of hydrogen-bond acceptors (Lipinski definition) is 6. The van der Waals surface area contributed by atoms with E-state index in [4.69, 9.17) is 9.47 Å².